The highest BCUT2D eigenvalue weighted by molar-refractivity contribution is 8.00. The van der Waals surface area contributed by atoms with Crippen molar-refractivity contribution in [3.63, 3.8) is 0 Å². The normalized spacial score (nSPS) is 23.3. The van der Waals surface area contributed by atoms with Crippen LogP contribution in [0.5, 0.6) is 0 Å². The number of hydrogen-bond donors (Lipinski definition) is 2. The van der Waals surface area contributed by atoms with Gasteiger partial charge in [0.2, 0.25) is 5.91 Å². The molecule has 1 aliphatic heterocycles. The third kappa shape index (κ3) is 3.22. The fraction of sp³-hybridized carbons (Fsp3) is 0.467. The maximum atomic E-state index is 12.7. The molecule has 1 aromatic rings. The van der Waals surface area contributed by atoms with Gasteiger partial charge in [-0.2, -0.15) is 0 Å². The van der Waals surface area contributed by atoms with Crippen LogP contribution in [0, 0.1) is 5.92 Å². The van der Waals surface area contributed by atoms with Crippen LogP contribution in [0.2, 0.25) is 0 Å². The molecule has 1 saturated heterocycles. The number of carbonyl (C=O) groups excluding carboxylic acids is 1. The van der Waals surface area contributed by atoms with Crippen molar-refractivity contribution in [2.75, 3.05) is 5.75 Å². The van der Waals surface area contributed by atoms with Gasteiger partial charge in [0.25, 0.3) is 0 Å². The Hall–Kier alpha value is -1.53. The highest BCUT2D eigenvalue weighted by Gasteiger charge is 2.44. The van der Waals surface area contributed by atoms with E-state index in [9.17, 15) is 14.7 Å². The Balaban J connectivity index is 2.27. The molecule has 1 aliphatic rings. The first-order valence-corrected chi connectivity index (χ1v) is 7.95. The molecule has 3 atom stereocenters. The number of thioether (sulfide) groups is 1. The first kappa shape index (κ1) is 15.9. The SMILES string of the molecule is CC(C)C1SCC(C(=O)O)N1C(=O)C(N)c1ccccc1. The summed E-state index contributed by atoms with van der Waals surface area (Å²) in [6.45, 7) is 3.96. The Morgan fingerprint density at radius 1 is 1.33 bits per heavy atom. The minimum Gasteiger partial charge on any atom is -0.480 e. The zero-order valence-corrected chi connectivity index (χ0v) is 12.9. The molecule has 3 N–H and O–H groups in total. The third-order valence-electron chi connectivity index (χ3n) is 3.57. The predicted molar refractivity (Wildman–Crippen MR) is 82.7 cm³/mol. The summed E-state index contributed by atoms with van der Waals surface area (Å²) in [5, 5.41) is 9.19. The van der Waals surface area contributed by atoms with E-state index < -0.39 is 18.1 Å². The molecule has 114 valence electrons. The van der Waals surface area contributed by atoms with Crippen LogP contribution < -0.4 is 5.73 Å². The van der Waals surface area contributed by atoms with Gasteiger partial charge >= 0.3 is 5.97 Å². The number of aliphatic carboxylic acids is 1. The molecule has 1 amide bonds. The molecule has 0 spiro atoms. The van der Waals surface area contributed by atoms with Gasteiger partial charge in [0, 0.05) is 5.75 Å². The molecule has 6 heteroatoms. The average Bonchev–Trinajstić information content (AvgIpc) is 2.91. The number of hydrogen-bond acceptors (Lipinski definition) is 4. The van der Waals surface area contributed by atoms with E-state index in [1.165, 1.54) is 16.7 Å². The summed E-state index contributed by atoms with van der Waals surface area (Å²) in [6.07, 6.45) is 0. The Morgan fingerprint density at radius 3 is 2.48 bits per heavy atom. The van der Waals surface area contributed by atoms with Crippen LogP contribution in [0.25, 0.3) is 0 Å². The number of amides is 1. The quantitative estimate of drug-likeness (QED) is 0.884. The van der Waals surface area contributed by atoms with E-state index in [4.69, 9.17) is 5.73 Å². The Morgan fingerprint density at radius 2 is 1.95 bits per heavy atom. The van der Waals surface area contributed by atoms with Crippen molar-refractivity contribution in [1.82, 2.24) is 4.90 Å². The van der Waals surface area contributed by atoms with E-state index in [2.05, 4.69) is 0 Å². The lowest BCUT2D eigenvalue weighted by atomic mass is 10.0. The topological polar surface area (TPSA) is 83.6 Å². The van der Waals surface area contributed by atoms with E-state index in [-0.39, 0.29) is 17.2 Å². The fourth-order valence-electron chi connectivity index (χ4n) is 2.47. The maximum absolute atomic E-state index is 12.7. The summed E-state index contributed by atoms with van der Waals surface area (Å²) in [5.41, 5.74) is 6.75. The van der Waals surface area contributed by atoms with Crippen LogP contribution in [0.1, 0.15) is 25.5 Å². The van der Waals surface area contributed by atoms with Crippen LogP contribution in [0.15, 0.2) is 30.3 Å². The third-order valence-corrected chi connectivity index (χ3v) is 5.19. The van der Waals surface area contributed by atoms with Gasteiger partial charge in [-0.15, -0.1) is 11.8 Å². The number of nitrogens with zero attached hydrogens (tertiary/aromatic N) is 1. The number of rotatable bonds is 4. The maximum Gasteiger partial charge on any atom is 0.327 e. The second-order valence-electron chi connectivity index (χ2n) is 5.46. The van der Waals surface area contributed by atoms with E-state index in [1.807, 2.05) is 32.0 Å². The van der Waals surface area contributed by atoms with Gasteiger partial charge in [0.15, 0.2) is 0 Å². The molecular formula is C15H20N2O3S. The van der Waals surface area contributed by atoms with Crippen molar-refractivity contribution < 1.29 is 14.7 Å². The van der Waals surface area contributed by atoms with Crippen LogP contribution in [0.3, 0.4) is 0 Å². The average molecular weight is 308 g/mol. The highest BCUT2D eigenvalue weighted by Crippen LogP contribution is 2.35. The largest absolute Gasteiger partial charge is 0.480 e. The number of carboxylic acids is 1. The molecule has 21 heavy (non-hydrogen) atoms. The lowest BCUT2D eigenvalue weighted by Gasteiger charge is -2.31. The van der Waals surface area contributed by atoms with Crippen molar-refractivity contribution >= 4 is 23.6 Å². The van der Waals surface area contributed by atoms with Gasteiger partial charge in [-0.1, -0.05) is 44.2 Å². The lowest BCUT2D eigenvalue weighted by Crippen LogP contribution is -2.50. The number of carbonyl (C=O) groups is 2. The zero-order valence-electron chi connectivity index (χ0n) is 12.1. The van der Waals surface area contributed by atoms with Crippen molar-refractivity contribution in [3.8, 4) is 0 Å². The number of carboxylic acid groups (broad SMARTS) is 1. The monoisotopic (exact) mass is 308 g/mol. The summed E-state index contributed by atoms with van der Waals surface area (Å²) in [4.78, 5) is 25.5. The molecule has 0 radical (unpaired) electrons. The predicted octanol–water partition coefficient (Wildman–Crippen LogP) is 1.70. The van der Waals surface area contributed by atoms with E-state index in [0.717, 1.165) is 0 Å². The smallest absolute Gasteiger partial charge is 0.327 e. The number of nitrogens with two attached hydrogens (primary N) is 1. The minimum absolute atomic E-state index is 0.145. The van der Waals surface area contributed by atoms with Gasteiger partial charge in [-0.05, 0) is 11.5 Å². The summed E-state index contributed by atoms with van der Waals surface area (Å²) in [7, 11) is 0. The van der Waals surface area contributed by atoms with Gasteiger partial charge in [0.05, 0.1) is 5.37 Å². The number of benzene rings is 1. The summed E-state index contributed by atoms with van der Waals surface area (Å²) in [5.74, 6) is -0.714. The summed E-state index contributed by atoms with van der Waals surface area (Å²) >= 11 is 1.50. The summed E-state index contributed by atoms with van der Waals surface area (Å²) in [6, 6.07) is 7.42. The molecule has 0 bridgehead atoms. The fourth-order valence-corrected chi connectivity index (χ4v) is 3.95. The van der Waals surface area contributed by atoms with Crippen molar-refractivity contribution in [1.29, 1.82) is 0 Å². The van der Waals surface area contributed by atoms with Crippen LogP contribution in [-0.2, 0) is 9.59 Å². The van der Waals surface area contributed by atoms with E-state index >= 15 is 0 Å². The van der Waals surface area contributed by atoms with E-state index in [1.54, 1.807) is 12.1 Å². The molecule has 3 unspecified atom stereocenters. The molecule has 2 rings (SSSR count). The zero-order chi connectivity index (χ0) is 15.6. The molecule has 1 heterocycles. The van der Waals surface area contributed by atoms with Gasteiger partial charge in [0.1, 0.15) is 12.1 Å². The second kappa shape index (κ2) is 6.49. The Labute approximate surface area is 128 Å². The minimum atomic E-state index is -0.973. The molecule has 0 aliphatic carbocycles. The van der Waals surface area contributed by atoms with Crippen molar-refractivity contribution in [3.05, 3.63) is 35.9 Å². The van der Waals surface area contributed by atoms with Gasteiger partial charge in [-0.25, -0.2) is 4.79 Å². The molecule has 0 saturated carbocycles. The first-order valence-electron chi connectivity index (χ1n) is 6.90. The molecule has 5 nitrogen and oxygen atoms in total. The van der Waals surface area contributed by atoms with Crippen molar-refractivity contribution in [2.45, 2.75) is 31.3 Å². The van der Waals surface area contributed by atoms with Crippen LogP contribution in [0.4, 0.5) is 0 Å². The van der Waals surface area contributed by atoms with E-state index in [0.29, 0.717) is 11.3 Å². The van der Waals surface area contributed by atoms with Crippen LogP contribution >= 0.6 is 11.8 Å². The summed E-state index contributed by atoms with van der Waals surface area (Å²) < 4.78 is 0. The molecule has 1 fully saturated rings. The van der Waals surface area contributed by atoms with Crippen molar-refractivity contribution in [2.24, 2.45) is 11.7 Å². The Kier molecular flexibility index (Phi) is 4.90. The highest BCUT2D eigenvalue weighted by atomic mass is 32.2. The first-order chi connectivity index (χ1) is 9.93. The van der Waals surface area contributed by atoms with Gasteiger partial charge < -0.3 is 15.7 Å². The molecule has 1 aromatic carbocycles. The van der Waals surface area contributed by atoms with Crippen LogP contribution in [-0.4, -0.2) is 39.1 Å². The molecular weight excluding hydrogens is 288 g/mol. The Bertz CT molecular complexity index is 521. The molecule has 0 aromatic heterocycles. The standard InChI is InChI=1S/C15H20N2O3S/c1-9(2)14-17(11(8-21-14)15(19)20)13(18)12(16)10-6-4-3-5-7-10/h3-7,9,11-12,14H,8,16H2,1-2H3,(H,19,20). The lowest BCUT2D eigenvalue weighted by molar-refractivity contribution is -0.150. The van der Waals surface area contributed by atoms with Gasteiger partial charge in [-0.3, -0.25) is 4.79 Å². The second-order valence-corrected chi connectivity index (χ2v) is 6.61.